The van der Waals surface area contributed by atoms with Gasteiger partial charge in [-0.3, -0.25) is 0 Å². The highest BCUT2D eigenvalue weighted by Gasteiger charge is 2.05. The van der Waals surface area contributed by atoms with Crippen molar-refractivity contribution in [3.8, 4) is 0 Å². The van der Waals surface area contributed by atoms with Gasteiger partial charge < -0.3 is 15.7 Å². The quantitative estimate of drug-likeness (QED) is 0.732. The van der Waals surface area contributed by atoms with E-state index in [-0.39, 0.29) is 18.7 Å². The average Bonchev–Trinajstić information content (AvgIpc) is 2.74. The highest BCUT2D eigenvalue weighted by molar-refractivity contribution is 7.11. The van der Waals surface area contributed by atoms with Gasteiger partial charge in [0.15, 0.2) is 0 Å². The summed E-state index contributed by atoms with van der Waals surface area (Å²) in [5.41, 5.74) is 0. The minimum Gasteiger partial charge on any atom is -0.394 e. The van der Waals surface area contributed by atoms with E-state index >= 15 is 0 Å². The summed E-state index contributed by atoms with van der Waals surface area (Å²) < 4.78 is 0. The molecule has 1 aromatic rings. The van der Waals surface area contributed by atoms with Crippen molar-refractivity contribution in [3.63, 3.8) is 0 Å². The van der Waals surface area contributed by atoms with E-state index in [0.717, 1.165) is 11.3 Å². The zero-order valence-electron chi connectivity index (χ0n) is 9.62. The van der Waals surface area contributed by atoms with Crippen LogP contribution in [0.1, 0.15) is 23.6 Å². The fourth-order valence-corrected chi connectivity index (χ4v) is 2.09. The fraction of sp³-hybridized carbons (Fsp3) is 0.545. The topological polar surface area (TPSA) is 61.4 Å². The van der Waals surface area contributed by atoms with E-state index in [4.69, 9.17) is 5.11 Å². The second-order valence-electron chi connectivity index (χ2n) is 3.63. The van der Waals surface area contributed by atoms with Crippen LogP contribution in [0.5, 0.6) is 0 Å². The number of thiophene rings is 1. The molecular formula is C11H18N2O2S. The largest absolute Gasteiger partial charge is 0.394 e. The molecule has 0 saturated carbocycles. The van der Waals surface area contributed by atoms with Crippen LogP contribution in [0, 0.1) is 0 Å². The smallest absolute Gasteiger partial charge is 0.315 e. The van der Waals surface area contributed by atoms with Crippen molar-refractivity contribution in [1.29, 1.82) is 0 Å². The molecule has 5 heteroatoms. The highest BCUT2D eigenvalue weighted by Crippen LogP contribution is 2.16. The molecule has 0 spiro atoms. The Bertz CT molecular complexity index is 338. The fourth-order valence-electron chi connectivity index (χ4n) is 1.20. The number of carbonyl (C=O) groups excluding carboxylic acids is 1. The molecule has 0 aliphatic carbocycles. The van der Waals surface area contributed by atoms with E-state index in [1.165, 1.54) is 4.88 Å². The normalized spacial score (nSPS) is 12.2. The lowest BCUT2D eigenvalue weighted by Crippen LogP contribution is -2.41. The number of hydrogen-bond donors (Lipinski definition) is 3. The highest BCUT2D eigenvalue weighted by atomic mass is 32.1. The third-order valence-electron chi connectivity index (χ3n) is 2.14. The van der Waals surface area contributed by atoms with Gasteiger partial charge in [0.25, 0.3) is 0 Å². The van der Waals surface area contributed by atoms with Crippen LogP contribution in [0.3, 0.4) is 0 Å². The number of rotatable bonds is 5. The molecule has 0 aliphatic rings. The molecule has 2 amide bonds. The Hall–Kier alpha value is -1.07. The summed E-state index contributed by atoms with van der Waals surface area (Å²) in [6.45, 7) is 4.35. The summed E-state index contributed by atoms with van der Waals surface area (Å²) in [5.74, 6) is 0. The summed E-state index contributed by atoms with van der Waals surface area (Å²) in [5, 5.41) is 14.1. The number of aryl methyl sites for hydroxylation is 1. The number of hydrogen-bond acceptors (Lipinski definition) is 3. The Labute approximate surface area is 99.7 Å². The van der Waals surface area contributed by atoms with Gasteiger partial charge in [-0.15, -0.1) is 11.3 Å². The van der Waals surface area contributed by atoms with Gasteiger partial charge in [0.2, 0.25) is 0 Å². The van der Waals surface area contributed by atoms with Gasteiger partial charge in [0.1, 0.15) is 0 Å². The van der Waals surface area contributed by atoms with Gasteiger partial charge in [-0.2, -0.15) is 0 Å². The van der Waals surface area contributed by atoms with E-state index in [1.54, 1.807) is 18.3 Å². The zero-order chi connectivity index (χ0) is 12.0. The third kappa shape index (κ3) is 4.20. The van der Waals surface area contributed by atoms with E-state index in [1.807, 2.05) is 6.07 Å². The maximum atomic E-state index is 11.3. The molecule has 1 heterocycles. The average molecular weight is 242 g/mol. The molecule has 3 N–H and O–H groups in total. The van der Waals surface area contributed by atoms with Crippen LogP contribution in [0.15, 0.2) is 12.1 Å². The van der Waals surface area contributed by atoms with Crippen molar-refractivity contribution in [3.05, 3.63) is 21.9 Å². The van der Waals surface area contributed by atoms with Crippen LogP contribution < -0.4 is 10.6 Å². The zero-order valence-corrected chi connectivity index (χ0v) is 10.4. The molecule has 1 rings (SSSR count). The van der Waals surface area contributed by atoms with E-state index in [0.29, 0.717) is 6.54 Å². The molecule has 1 aromatic heterocycles. The molecule has 0 aromatic carbocycles. The van der Waals surface area contributed by atoms with Crippen LogP contribution >= 0.6 is 11.3 Å². The van der Waals surface area contributed by atoms with Crippen molar-refractivity contribution in [1.82, 2.24) is 10.6 Å². The second-order valence-corrected chi connectivity index (χ2v) is 4.89. The lowest BCUT2D eigenvalue weighted by molar-refractivity contribution is 0.220. The summed E-state index contributed by atoms with van der Waals surface area (Å²) in [6, 6.07) is 3.65. The first-order chi connectivity index (χ1) is 7.65. The SMILES string of the molecule is CCc1ccc(CNC(=O)NC(C)CO)s1. The predicted molar refractivity (Wildman–Crippen MR) is 65.6 cm³/mol. The van der Waals surface area contributed by atoms with E-state index in [2.05, 4.69) is 23.6 Å². The second kappa shape index (κ2) is 6.50. The first-order valence-corrected chi connectivity index (χ1v) is 6.20. The van der Waals surface area contributed by atoms with Crippen LogP contribution in [-0.2, 0) is 13.0 Å². The standard InChI is InChI=1S/C11H18N2O2S/c1-3-9-4-5-10(16-9)6-12-11(15)13-8(2)7-14/h4-5,8,14H,3,6-7H2,1-2H3,(H2,12,13,15). The molecule has 0 saturated heterocycles. The molecule has 0 fully saturated rings. The van der Waals surface area contributed by atoms with Gasteiger partial charge >= 0.3 is 6.03 Å². The van der Waals surface area contributed by atoms with Crippen molar-refractivity contribution >= 4 is 17.4 Å². The monoisotopic (exact) mass is 242 g/mol. The Balaban J connectivity index is 2.31. The molecule has 1 unspecified atom stereocenters. The van der Waals surface area contributed by atoms with Crippen molar-refractivity contribution in [2.75, 3.05) is 6.61 Å². The first kappa shape index (κ1) is 13.0. The molecule has 90 valence electrons. The maximum absolute atomic E-state index is 11.3. The number of urea groups is 1. The van der Waals surface area contributed by atoms with Gasteiger partial charge in [0, 0.05) is 9.75 Å². The van der Waals surface area contributed by atoms with Gasteiger partial charge in [-0.25, -0.2) is 4.79 Å². The summed E-state index contributed by atoms with van der Waals surface area (Å²) in [6.07, 6.45) is 1.03. The predicted octanol–water partition coefficient (Wildman–Crippen LogP) is 1.49. The lowest BCUT2D eigenvalue weighted by Gasteiger charge is -2.11. The maximum Gasteiger partial charge on any atom is 0.315 e. The van der Waals surface area contributed by atoms with Crippen LogP contribution in [0.4, 0.5) is 4.79 Å². The molecule has 1 atom stereocenters. The van der Waals surface area contributed by atoms with Crippen LogP contribution in [0.2, 0.25) is 0 Å². The number of amides is 2. The summed E-state index contributed by atoms with van der Waals surface area (Å²) in [7, 11) is 0. The van der Waals surface area contributed by atoms with Crippen molar-refractivity contribution in [2.45, 2.75) is 32.9 Å². The Morgan fingerprint density at radius 2 is 2.19 bits per heavy atom. The number of aliphatic hydroxyl groups excluding tert-OH is 1. The number of carbonyl (C=O) groups is 1. The van der Waals surface area contributed by atoms with Crippen LogP contribution in [0.25, 0.3) is 0 Å². The Morgan fingerprint density at radius 1 is 1.50 bits per heavy atom. The summed E-state index contributed by atoms with van der Waals surface area (Å²) in [4.78, 5) is 13.8. The molecule has 4 nitrogen and oxygen atoms in total. The number of aliphatic hydroxyl groups is 1. The van der Waals surface area contributed by atoms with Crippen molar-refractivity contribution < 1.29 is 9.90 Å². The summed E-state index contributed by atoms with van der Waals surface area (Å²) >= 11 is 1.71. The molecule has 0 radical (unpaired) electrons. The van der Waals surface area contributed by atoms with Crippen molar-refractivity contribution in [2.24, 2.45) is 0 Å². The Kier molecular flexibility index (Phi) is 5.28. The molecule has 16 heavy (non-hydrogen) atoms. The number of nitrogens with one attached hydrogen (secondary N) is 2. The third-order valence-corrected chi connectivity index (χ3v) is 3.37. The molecule has 0 bridgehead atoms. The van der Waals surface area contributed by atoms with E-state index in [9.17, 15) is 4.79 Å². The van der Waals surface area contributed by atoms with Crippen LogP contribution in [-0.4, -0.2) is 23.8 Å². The minimum absolute atomic E-state index is 0.0492. The Morgan fingerprint density at radius 3 is 2.75 bits per heavy atom. The van der Waals surface area contributed by atoms with E-state index < -0.39 is 0 Å². The minimum atomic E-state index is -0.243. The lowest BCUT2D eigenvalue weighted by atomic mass is 10.3. The van der Waals surface area contributed by atoms with Gasteiger partial charge in [0.05, 0.1) is 19.2 Å². The first-order valence-electron chi connectivity index (χ1n) is 5.38. The van der Waals surface area contributed by atoms with Gasteiger partial charge in [-0.05, 0) is 25.5 Å². The molecule has 0 aliphatic heterocycles. The van der Waals surface area contributed by atoms with Gasteiger partial charge in [-0.1, -0.05) is 6.92 Å². The molecular weight excluding hydrogens is 224 g/mol.